The van der Waals surface area contributed by atoms with Crippen LogP contribution >= 0.6 is 0 Å². The molecular formula is C31H24N2O6. The van der Waals surface area contributed by atoms with Gasteiger partial charge >= 0.3 is 5.97 Å². The number of fused-ring (bicyclic) bond motifs is 1. The van der Waals surface area contributed by atoms with Crippen LogP contribution in [0.4, 0.5) is 5.69 Å². The largest absolute Gasteiger partial charge is 0.457 e. The van der Waals surface area contributed by atoms with Crippen LogP contribution in [0, 0.1) is 0 Å². The van der Waals surface area contributed by atoms with Crippen molar-refractivity contribution in [3.8, 4) is 11.5 Å². The Labute approximate surface area is 224 Å². The van der Waals surface area contributed by atoms with Gasteiger partial charge in [-0.3, -0.25) is 19.3 Å². The van der Waals surface area contributed by atoms with Crippen molar-refractivity contribution in [2.75, 3.05) is 18.5 Å². The summed E-state index contributed by atoms with van der Waals surface area (Å²) >= 11 is 0. The van der Waals surface area contributed by atoms with Crippen molar-refractivity contribution < 1.29 is 28.7 Å². The van der Waals surface area contributed by atoms with Gasteiger partial charge in [-0.1, -0.05) is 48.5 Å². The molecule has 194 valence electrons. The topological polar surface area (TPSA) is 102 Å². The van der Waals surface area contributed by atoms with Crippen LogP contribution in [0.5, 0.6) is 11.5 Å². The fourth-order valence-corrected chi connectivity index (χ4v) is 4.15. The maximum Gasteiger partial charge on any atom is 0.338 e. The Morgan fingerprint density at radius 2 is 1.36 bits per heavy atom. The van der Waals surface area contributed by atoms with Crippen molar-refractivity contribution >= 4 is 29.4 Å². The van der Waals surface area contributed by atoms with Crippen LogP contribution in [0.3, 0.4) is 0 Å². The summed E-state index contributed by atoms with van der Waals surface area (Å²) in [7, 11) is 0. The van der Waals surface area contributed by atoms with E-state index in [1.165, 1.54) is 23.1 Å². The van der Waals surface area contributed by atoms with Crippen LogP contribution < -0.4 is 10.1 Å². The van der Waals surface area contributed by atoms with E-state index in [2.05, 4.69) is 5.32 Å². The Bertz CT molecular complexity index is 1520. The smallest absolute Gasteiger partial charge is 0.338 e. The number of hydrogen-bond donors (Lipinski definition) is 1. The van der Waals surface area contributed by atoms with E-state index in [-0.39, 0.29) is 23.2 Å². The fourth-order valence-electron chi connectivity index (χ4n) is 4.15. The van der Waals surface area contributed by atoms with Crippen LogP contribution in [-0.2, 0) is 16.0 Å². The highest BCUT2D eigenvalue weighted by Crippen LogP contribution is 2.25. The number of nitrogens with zero attached hydrogens (tertiary/aromatic N) is 1. The zero-order valence-electron chi connectivity index (χ0n) is 20.8. The molecule has 0 saturated heterocycles. The number of nitrogens with one attached hydrogen (secondary N) is 1. The lowest BCUT2D eigenvalue weighted by atomic mass is 10.1. The minimum absolute atomic E-state index is 0.0787. The maximum atomic E-state index is 12.9. The Balaban J connectivity index is 1.14. The molecule has 0 aliphatic carbocycles. The quantitative estimate of drug-likeness (QED) is 0.243. The molecule has 1 aliphatic heterocycles. The fraction of sp³-hybridized carbons (Fsp3) is 0.0968. The first-order valence-corrected chi connectivity index (χ1v) is 12.3. The van der Waals surface area contributed by atoms with Crippen LogP contribution in [0.15, 0.2) is 103 Å². The van der Waals surface area contributed by atoms with Crippen molar-refractivity contribution in [3.63, 3.8) is 0 Å². The molecule has 1 aliphatic rings. The van der Waals surface area contributed by atoms with E-state index < -0.39 is 30.3 Å². The molecule has 8 nitrogen and oxygen atoms in total. The van der Waals surface area contributed by atoms with Gasteiger partial charge in [-0.05, 0) is 66.6 Å². The molecule has 0 bridgehead atoms. The Kier molecular flexibility index (Phi) is 7.45. The number of carbonyl (C=O) groups excluding carboxylic acids is 4. The minimum atomic E-state index is -0.775. The highest BCUT2D eigenvalue weighted by atomic mass is 16.5. The molecule has 0 fully saturated rings. The molecule has 0 radical (unpaired) electrons. The number of carbonyl (C=O) groups is 4. The van der Waals surface area contributed by atoms with Gasteiger partial charge in [-0.2, -0.15) is 0 Å². The van der Waals surface area contributed by atoms with Gasteiger partial charge in [0.15, 0.2) is 6.61 Å². The predicted octanol–water partition coefficient (Wildman–Crippen LogP) is 5.11. The molecule has 0 spiro atoms. The Morgan fingerprint density at radius 1 is 0.718 bits per heavy atom. The number of para-hydroxylation sites is 1. The highest BCUT2D eigenvalue weighted by molar-refractivity contribution is 6.22. The molecule has 3 amide bonds. The van der Waals surface area contributed by atoms with E-state index in [1.807, 2.05) is 60.7 Å². The third-order valence-corrected chi connectivity index (χ3v) is 6.12. The summed E-state index contributed by atoms with van der Waals surface area (Å²) in [5.74, 6) is -0.863. The number of esters is 1. The van der Waals surface area contributed by atoms with Gasteiger partial charge in [0.2, 0.25) is 0 Å². The molecule has 1 heterocycles. The molecule has 4 aromatic rings. The summed E-state index contributed by atoms with van der Waals surface area (Å²) in [5.41, 5.74) is 1.98. The van der Waals surface area contributed by atoms with Gasteiger partial charge < -0.3 is 14.8 Å². The monoisotopic (exact) mass is 520 g/mol. The molecular weight excluding hydrogens is 496 g/mol. The lowest BCUT2D eigenvalue weighted by molar-refractivity contribution is -0.119. The number of imide groups is 1. The van der Waals surface area contributed by atoms with Crippen molar-refractivity contribution in [2.24, 2.45) is 0 Å². The van der Waals surface area contributed by atoms with Gasteiger partial charge in [-0.15, -0.1) is 0 Å². The minimum Gasteiger partial charge on any atom is -0.457 e. The van der Waals surface area contributed by atoms with Gasteiger partial charge in [0.05, 0.1) is 16.7 Å². The Hall–Kier alpha value is -5.24. The standard InChI is InChI=1S/C31H24N2O6/c34-28(32-23-12-14-25(15-13-23)39-24-9-5-2-6-10-24)20-38-31(37)22-11-16-26-27(19-22)30(36)33(29(26)35)18-17-21-7-3-1-4-8-21/h1-16,19H,17-18,20H2,(H,32,34). The molecule has 1 N–H and O–H groups in total. The normalized spacial score (nSPS) is 12.2. The second-order valence-electron chi connectivity index (χ2n) is 8.82. The van der Waals surface area contributed by atoms with E-state index in [0.29, 0.717) is 23.6 Å². The van der Waals surface area contributed by atoms with Crippen molar-refractivity contribution in [3.05, 3.63) is 125 Å². The second-order valence-corrected chi connectivity index (χ2v) is 8.82. The van der Waals surface area contributed by atoms with Crippen LogP contribution in [0.2, 0.25) is 0 Å². The average molecular weight is 521 g/mol. The molecule has 39 heavy (non-hydrogen) atoms. The van der Waals surface area contributed by atoms with E-state index in [4.69, 9.17) is 9.47 Å². The van der Waals surface area contributed by atoms with E-state index in [1.54, 1.807) is 24.3 Å². The van der Waals surface area contributed by atoms with Gasteiger partial charge in [0.1, 0.15) is 11.5 Å². The average Bonchev–Trinajstić information content (AvgIpc) is 3.21. The first-order valence-electron chi connectivity index (χ1n) is 12.3. The number of hydrogen-bond acceptors (Lipinski definition) is 6. The number of ether oxygens (including phenoxy) is 2. The first-order chi connectivity index (χ1) is 19.0. The molecule has 8 heteroatoms. The van der Waals surface area contributed by atoms with Crippen molar-refractivity contribution in [1.29, 1.82) is 0 Å². The number of benzene rings is 4. The summed E-state index contributed by atoms with van der Waals surface area (Å²) in [6.07, 6.45) is 0.527. The summed E-state index contributed by atoms with van der Waals surface area (Å²) < 4.78 is 10.9. The van der Waals surface area contributed by atoms with Crippen molar-refractivity contribution in [2.45, 2.75) is 6.42 Å². The van der Waals surface area contributed by atoms with E-state index >= 15 is 0 Å². The third kappa shape index (κ3) is 6.02. The highest BCUT2D eigenvalue weighted by Gasteiger charge is 2.35. The number of anilines is 1. The SMILES string of the molecule is O=C(COC(=O)c1ccc2c(c1)C(=O)N(CCc1ccccc1)C2=O)Nc1ccc(Oc2ccccc2)cc1. The summed E-state index contributed by atoms with van der Waals surface area (Å²) in [6.45, 7) is -0.288. The molecule has 0 unspecified atom stereocenters. The van der Waals surface area contributed by atoms with Crippen LogP contribution in [0.25, 0.3) is 0 Å². The van der Waals surface area contributed by atoms with Crippen LogP contribution in [0.1, 0.15) is 36.6 Å². The second kappa shape index (κ2) is 11.4. The lowest BCUT2D eigenvalue weighted by Crippen LogP contribution is -2.31. The molecule has 0 atom stereocenters. The maximum absolute atomic E-state index is 12.9. The predicted molar refractivity (Wildman–Crippen MR) is 144 cm³/mol. The molecule has 0 aromatic heterocycles. The molecule has 4 aromatic carbocycles. The molecule has 5 rings (SSSR count). The van der Waals surface area contributed by atoms with Gasteiger partial charge in [0, 0.05) is 12.2 Å². The van der Waals surface area contributed by atoms with Gasteiger partial charge in [-0.25, -0.2) is 4.79 Å². The zero-order valence-corrected chi connectivity index (χ0v) is 20.8. The first kappa shape index (κ1) is 25.4. The molecule has 0 saturated carbocycles. The summed E-state index contributed by atoms with van der Waals surface area (Å²) in [4.78, 5) is 51.7. The third-order valence-electron chi connectivity index (χ3n) is 6.12. The lowest BCUT2D eigenvalue weighted by Gasteiger charge is -2.13. The number of amides is 3. The summed E-state index contributed by atoms with van der Waals surface area (Å²) in [6, 6.07) is 29.8. The van der Waals surface area contributed by atoms with E-state index in [0.717, 1.165) is 5.56 Å². The Morgan fingerprint density at radius 3 is 2.08 bits per heavy atom. The zero-order chi connectivity index (χ0) is 27.2. The van der Waals surface area contributed by atoms with Crippen molar-refractivity contribution in [1.82, 2.24) is 4.90 Å². The van der Waals surface area contributed by atoms with Gasteiger partial charge in [0.25, 0.3) is 17.7 Å². The summed E-state index contributed by atoms with van der Waals surface area (Å²) in [5, 5.41) is 2.65. The van der Waals surface area contributed by atoms with Crippen LogP contribution in [-0.4, -0.2) is 41.7 Å². The number of rotatable bonds is 9. The van der Waals surface area contributed by atoms with E-state index in [9.17, 15) is 19.2 Å².